The molecule has 39 heavy (non-hydrogen) atoms. The monoisotopic (exact) mass is 585 g/mol. The molecule has 9 nitrogen and oxygen atoms in total. The van der Waals surface area contributed by atoms with Gasteiger partial charge in [0.15, 0.2) is 0 Å². The SMILES string of the molecule is COCCCCOc1ccccc1C(=O)NCC(CC(N)C(O)CNS(=O)(=O)Cc1ccccc1)C(C)C.Cl. The minimum atomic E-state index is -3.62. The fourth-order valence-electron chi connectivity index (χ4n) is 3.94. The van der Waals surface area contributed by atoms with Gasteiger partial charge in [0.2, 0.25) is 10.0 Å². The minimum absolute atomic E-state index is 0. The summed E-state index contributed by atoms with van der Waals surface area (Å²) in [5.74, 6) is 0.265. The maximum atomic E-state index is 12.9. The van der Waals surface area contributed by atoms with E-state index in [1.807, 2.05) is 26.0 Å². The van der Waals surface area contributed by atoms with Gasteiger partial charge in [0, 0.05) is 32.8 Å². The highest BCUT2D eigenvalue weighted by Gasteiger charge is 2.25. The number of para-hydroxylation sites is 1. The molecule has 1 amide bonds. The number of aliphatic hydroxyl groups excluding tert-OH is 1. The maximum Gasteiger partial charge on any atom is 0.255 e. The van der Waals surface area contributed by atoms with Crippen LogP contribution in [-0.4, -0.2) is 65.0 Å². The molecule has 2 aromatic rings. The summed E-state index contributed by atoms with van der Waals surface area (Å²) in [7, 11) is -1.96. The van der Waals surface area contributed by atoms with Crippen LogP contribution in [0.2, 0.25) is 0 Å². The number of amides is 1. The zero-order valence-corrected chi connectivity index (χ0v) is 24.7. The highest BCUT2D eigenvalue weighted by Crippen LogP contribution is 2.20. The first-order valence-corrected chi connectivity index (χ1v) is 14.7. The van der Waals surface area contributed by atoms with Crippen LogP contribution in [0.5, 0.6) is 5.75 Å². The summed E-state index contributed by atoms with van der Waals surface area (Å²) in [6.07, 6.45) is 1.05. The number of halogens is 1. The summed E-state index contributed by atoms with van der Waals surface area (Å²) < 4.78 is 38.1. The van der Waals surface area contributed by atoms with Crippen molar-refractivity contribution in [3.8, 4) is 5.75 Å². The molecule has 0 saturated carbocycles. The number of nitrogens with one attached hydrogen (secondary N) is 2. The summed E-state index contributed by atoms with van der Waals surface area (Å²) in [6, 6.07) is 15.3. The quantitative estimate of drug-likeness (QED) is 0.197. The smallest absolute Gasteiger partial charge is 0.255 e. The van der Waals surface area contributed by atoms with Gasteiger partial charge in [-0.15, -0.1) is 12.4 Å². The van der Waals surface area contributed by atoms with Crippen LogP contribution in [0.1, 0.15) is 49.0 Å². The highest BCUT2D eigenvalue weighted by molar-refractivity contribution is 7.88. The number of ether oxygens (including phenoxy) is 2. The summed E-state index contributed by atoms with van der Waals surface area (Å²) in [6.45, 7) is 5.38. The van der Waals surface area contributed by atoms with Crippen molar-refractivity contribution in [3.63, 3.8) is 0 Å². The molecule has 0 aromatic heterocycles. The van der Waals surface area contributed by atoms with Crippen LogP contribution in [0.3, 0.4) is 0 Å². The van der Waals surface area contributed by atoms with Gasteiger partial charge in [-0.25, -0.2) is 13.1 Å². The number of benzene rings is 2. The first-order chi connectivity index (χ1) is 18.1. The summed E-state index contributed by atoms with van der Waals surface area (Å²) in [5.41, 5.74) is 7.36. The Bertz CT molecular complexity index is 1070. The van der Waals surface area contributed by atoms with Crippen molar-refractivity contribution in [2.24, 2.45) is 17.6 Å². The Labute approximate surface area is 239 Å². The molecule has 0 radical (unpaired) electrons. The molecule has 5 N–H and O–H groups in total. The number of aliphatic hydroxyl groups is 1. The predicted molar refractivity (Wildman–Crippen MR) is 157 cm³/mol. The van der Waals surface area contributed by atoms with E-state index in [1.165, 1.54) is 0 Å². The van der Waals surface area contributed by atoms with Crippen molar-refractivity contribution in [1.29, 1.82) is 0 Å². The van der Waals surface area contributed by atoms with Gasteiger partial charge in [0.1, 0.15) is 5.75 Å². The van der Waals surface area contributed by atoms with E-state index >= 15 is 0 Å². The minimum Gasteiger partial charge on any atom is -0.493 e. The number of methoxy groups -OCH3 is 1. The average molecular weight is 586 g/mol. The van der Waals surface area contributed by atoms with Gasteiger partial charge in [-0.2, -0.15) is 0 Å². The number of sulfonamides is 1. The number of carbonyl (C=O) groups excluding carboxylic acids is 1. The number of hydrogen-bond donors (Lipinski definition) is 4. The van der Waals surface area contributed by atoms with Crippen molar-refractivity contribution >= 4 is 28.3 Å². The topological polar surface area (TPSA) is 140 Å². The Morgan fingerprint density at radius 1 is 1.00 bits per heavy atom. The van der Waals surface area contributed by atoms with E-state index in [1.54, 1.807) is 49.6 Å². The summed E-state index contributed by atoms with van der Waals surface area (Å²) >= 11 is 0. The van der Waals surface area contributed by atoms with E-state index in [0.717, 1.165) is 12.8 Å². The molecule has 220 valence electrons. The molecule has 2 rings (SSSR count). The molecule has 0 aliphatic rings. The summed E-state index contributed by atoms with van der Waals surface area (Å²) in [5, 5.41) is 13.5. The maximum absolute atomic E-state index is 12.9. The lowest BCUT2D eigenvalue weighted by Gasteiger charge is -2.27. The molecule has 0 aliphatic heterocycles. The predicted octanol–water partition coefficient (Wildman–Crippen LogP) is 3.11. The van der Waals surface area contributed by atoms with Gasteiger partial charge in [0.05, 0.1) is 24.0 Å². The molecule has 3 atom stereocenters. The fraction of sp³-hybridized carbons (Fsp3) is 0.536. The van der Waals surface area contributed by atoms with Crippen molar-refractivity contribution in [2.75, 3.05) is 33.4 Å². The number of hydrogen-bond acceptors (Lipinski definition) is 7. The Morgan fingerprint density at radius 2 is 1.64 bits per heavy atom. The van der Waals surface area contributed by atoms with Crippen molar-refractivity contribution < 1.29 is 27.8 Å². The van der Waals surface area contributed by atoms with E-state index in [4.69, 9.17) is 15.2 Å². The zero-order chi connectivity index (χ0) is 28.0. The van der Waals surface area contributed by atoms with E-state index in [0.29, 0.717) is 43.1 Å². The molecule has 2 aromatic carbocycles. The number of carbonyl (C=O) groups is 1. The van der Waals surface area contributed by atoms with Gasteiger partial charge in [-0.05, 0) is 48.8 Å². The Morgan fingerprint density at radius 3 is 2.31 bits per heavy atom. The van der Waals surface area contributed by atoms with Gasteiger partial charge < -0.3 is 25.6 Å². The van der Waals surface area contributed by atoms with Crippen LogP contribution in [0, 0.1) is 11.8 Å². The molecule has 0 fully saturated rings. The second-order valence-electron chi connectivity index (χ2n) is 9.82. The van der Waals surface area contributed by atoms with Gasteiger partial charge >= 0.3 is 0 Å². The van der Waals surface area contributed by atoms with Crippen LogP contribution < -0.4 is 20.5 Å². The van der Waals surface area contributed by atoms with Crippen LogP contribution >= 0.6 is 12.4 Å². The lowest BCUT2D eigenvalue weighted by molar-refractivity contribution is 0.0928. The summed E-state index contributed by atoms with van der Waals surface area (Å²) in [4.78, 5) is 12.9. The normalized spacial score (nSPS) is 13.8. The van der Waals surface area contributed by atoms with Crippen molar-refractivity contribution in [2.45, 2.75) is 51.0 Å². The number of unbranched alkanes of at least 4 members (excludes halogenated alkanes) is 1. The van der Waals surface area contributed by atoms with Crippen LogP contribution in [0.4, 0.5) is 0 Å². The third-order valence-electron chi connectivity index (χ3n) is 6.38. The van der Waals surface area contributed by atoms with Gasteiger partial charge in [-0.1, -0.05) is 56.3 Å². The molecule has 0 aliphatic carbocycles. The van der Waals surface area contributed by atoms with Gasteiger partial charge in [-0.3, -0.25) is 4.79 Å². The lowest BCUT2D eigenvalue weighted by Crippen LogP contribution is -2.46. The van der Waals surface area contributed by atoms with Crippen LogP contribution in [0.25, 0.3) is 0 Å². The molecule has 0 spiro atoms. The van der Waals surface area contributed by atoms with Crippen molar-refractivity contribution in [3.05, 3.63) is 65.7 Å². The van der Waals surface area contributed by atoms with Crippen molar-refractivity contribution in [1.82, 2.24) is 10.0 Å². The Hall–Kier alpha value is -2.21. The van der Waals surface area contributed by atoms with E-state index in [9.17, 15) is 18.3 Å². The van der Waals surface area contributed by atoms with E-state index in [2.05, 4.69) is 10.0 Å². The molecule has 0 heterocycles. The zero-order valence-electron chi connectivity index (χ0n) is 23.0. The van der Waals surface area contributed by atoms with E-state index in [-0.39, 0.29) is 42.4 Å². The van der Waals surface area contributed by atoms with Gasteiger partial charge in [0.25, 0.3) is 5.91 Å². The second-order valence-corrected chi connectivity index (χ2v) is 11.6. The van der Waals surface area contributed by atoms with Crippen LogP contribution in [-0.2, 0) is 20.5 Å². The average Bonchev–Trinajstić information content (AvgIpc) is 2.89. The second kappa shape index (κ2) is 18.2. The number of rotatable bonds is 18. The standard InChI is InChI=1S/C28H43N3O6S.ClH/c1-21(2)23(17-25(29)26(32)19-31-38(34,35)20-22-11-5-4-6-12-22)18-30-28(33)24-13-7-8-14-27(24)37-16-10-9-15-36-3;/h4-8,11-14,21,23,25-26,31-32H,9-10,15-20,29H2,1-3H3,(H,30,33);1H. The Balaban J connectivity index is 0.00000760. The molecular weight excluding hydrogens is 542 g/mol. The Kier molecular flexibility index (Phi) is 16.2. The molecule has 3 unspecified atom stereocenters. The first kappa shape index (κ1) is 34.8. The van der Waals surface area contributed by atoms with Crippen LogP contribution in [0.15, 0.2) is 54.6 Å². The molecule has 0 saturated heterocycles. The molecule has 11 heteroatoms. The largest absolute Gasteiger partial charge is 0.493 e. The third kappa shape index (κ3) is 13.1. The molecular formula is C28H44ClN3O6S. The fourth-order valence-corrected chi connectivity index (χ4v) is 5.09. The third-order valence-corrected chi connectivity index (χ3v) is 7.70. The van der Waals surface area contributed by atoms with E-state index < -0.39 is 22.2 Å². The first-order valence-electron chi connectivity index (χ1n) is 13.1. The number of nitrogens with two attached hydrogens (primary N) is 1. The highest BCUT2D eigenvalue weighted by atomic mass is 35.5. The molecule has 0 bridgehead atoms. The lowest BCUT2D eigenvalue weighted by atomic mass is 9.87.